The van der Waals surface area contributed by atoms with Crippen LogP contribution in [0.4, 0.5) is 0 Å². The lowest BCUT2D eigenvalue weighted by Crippen LogP contribution is -2.30. The highest BCUT2D eigenvalue weighted by Crippen LogP contribution is 2.13. The fraction of sp³-hybridized carbons (Fsp3) is 0.667. The van der Waals surface area contributed by atoms with Crippen LogP contribution in [0.2, 0.25) is 0 Å². The van der Waals surface area contributed by atoms with Crippen molar-refractivity contribution in [2.45, 2.75) is 25.6 Å². The van der Waals surface area contributed by atoms with Gasteiger partial charge in [-0.3, -0.25) is 9.59 Å². The van der Waals surface area contributed by atoms with E-state index in [2.05, 4.69) is 0 Å². The zero-order valence-corrected chi connectivity index (χ0v) is 6.45. The number of hydrogen-bond acceptors (Lipinski definition) is 2. The molecule has 3 heteroatoms. The van der Waals surface area contributed by atoms with Crippen molar-refractivity contribution >= 4 is 23.2 Å². The van der Waals surface area contributed by atoms with Gasteiger partial charge in [0.25, 0.3) is 0 Å². The van der Waals surface area contributed by atoms with E-state index in [9.17, 15) is 9.59 Å². The second-order valence-corrected chi connectivity index (χ2v) is 3.30. The predicted molar refractivity (Wildman–Crippen MR) is 35.6 cm³/mol. The van der Waals surface area contributed by atoms with E-state index in [1.807, 2.05) is 0 Å². The Kier molecular flexibility index (Phi) is 2.38. The van der Waals surface area contributed by atoms with Crippen molar-refractivity contribution in [2.24, 2.45) is 0 Å². The van der Waals surface area contributed by atoms with Gasteiger partial charge in [0.2, 0.25) is 5.78 Å². The number of carbonyl (C=O) groups excluding carboxylic acids is 2. The van der Waals surface area contributed by atoms with Crippen molar-refractivity contribution in [3.63, 3.8) is 0 Å². The standard InChI is InChI=1S/C6H9ClO2/c1-4(8)5(9)6(2,3)7/h1-3H3. The molecular formula is C6H9ClO2. The van der Waals surface area contributed by atoms with Gasteiger partial charge in [0, 0.05) is 6.92 Å². The van der Waals surface area contributed by atoms with Crippen LogP contribution < -0.4 is 0 Å². The first-order valence-corrected chi connectivity index (χ1v) is 2.98. The number of alkyl halides is 1. The largest absolute Gasteiger partial charge is 0.291 e. The van der Waals surface area contributed by atoms with Gasteiger partial charge in [0.05, 0.1) is 0 Å². The molecule has 0 aromatic heterocycles. The van der Waals surface area contributed by atoms with Crippen molar-refractivity contribution in [1.82, 2.24) is 0 Å². The van der Waals surface area contributed by atoms with Crippen LogP contribution >= 0.6 is 11.6 Å². The maximum atomic E-state index is 10.7. The molecule has 0 fully saturated rings. The fourth-order valence-corrected chi connectivity index (χ4v) is 0.552. The number of ketones is 2. The quantitative estimate of drug-likeness (QED) is 0.435. The molecule has 0 saturated carbocycles. The van der Waals surface area contributed by atoms with E-state index >= 15 is 0 Å². The Labute approximate surface area is 59.2 Å². The molecule has 0 aromatic rings. The van der Waals surface area contributed by atoms with Gasteiger partial charge in [-0.2, -0.15) is 0 Å². The van der Waals surface area contributed by atoms with E-state index in [-0.39, 0.29) is 0 Å². The van der Waals surface area contributed by atoms with E-state index in [1.165, 1.54) is 20.8 Å². The molecule has 0 aliphatic rings. The van der Waals surface area contributed by atoms with Gasteiger partial charge in [0.15, 0.2) is 5.78 Å². The third kappa shape index (κ3) is 2.61. The molecule has 0 amide bonds. The molecule has 0 aromatic carbocycles. The first-order chi connectivity index (χ1) is 3.85. The molecule has 0 saturated heterocycles. The number of rotatable bonds is 2. The van der Waals surface area contributed by atoms with Gasteiger partial charge in [-0.1, -0.05) is 0 Å². The maximum Gasteiger partial charge on any atom is 0.218 e. The van der Waals surface area contributed by atoms with Crippen LogP contribution in [0.1, 0.15) is 20.8 Å². The first kappa shape index (κ1) is 8.63. The minimum absolute atomic E-state index is 0.491. The van der Waals surface area contributed by atoms with E-state index < -0.39 is 16.4 Å². The zero-order chi connectivity index (χ0) is 7.65. The van der Waals surface area contributed by atoms with E-state index in [1.54, 1.807) is 0 Å². The Hall–Kier alpha value is -0.370. The van der Waals surface area contributed by atoms with Crippen LogP contribution in [0.15, 0.2) is 0 Å². The highest BCUT2D eigenvalue weighted by Gasteiger charge is 2.27. The van der Waals surface area contributed by atoms with Gasteiger partial charge in [0.1, 0.15) is 4.87 Å². The molecule has 0 spiro atoms. The van der Waals surface area contributed by atoms with Crippen molar-refractivity contribution in [3.05, 3.63) is 0 Å². The molecule has 9 heavy (non-hydrogen) atoms. The molecule has 0 N–H and O–H groups in total. The average Bonchev–Trinajstić information content (AvgIpc) is 1.62. The Bertz CT molecular complexity index is 144. The topological polar surface area (TPSA) is 34.1 Å². The number of Topliss-reactive ketones (excluding diaryl/α,β-unsaturated/α-hetero) is 2. The minimum atomic E-state index is -1.04. The van der Waals surface area contributed by atoms with Crippen LogP contribution in [0.25, 0.3) is 0 Å². The van der Waals surface area contributed by atoms with Crippen LogP contribution in [0, 0.1) is 0 Å². The molecule has 0 rings (SSSR count). The molecule has 52 valence electrons. The third-order valence-electron chi connectivity index (χ3n) is 0.860. The summed E-state index contributed by atoms with van der Waals surface area (Å²) in [4.78, 5) is 20.0. The van der Waals surface area contributed by atoms with Crippen LogP contribution in [-0.4, -0.2) is 16.4 Å². The molecule has 0 bridgehead atoms. The number of hydrogen-bond donors (Lipinski definition) is 0. The fourth-order valence-electron chi connectivity index (χ4n) is 0.419. The van der Waals surface area contributed by atoms with E-state index in [4.69, 9.17) is 11.6 Å². The molecule has 0 aliphatic heterocycles. The Morgan fingerprint density at radius 2 is 1.67 bits per heavy atom. The summed E-state index contributed by atoms with van der Waals surface area (Å²) in [6.45, 7) is 4.21. The van der Waals surface area contributed by atoms with Crippen LogP contribution in [0.5, 0.6) is 0 Å². The van der Waals surface area contributed by atoms with E-state index in [0.29, 0.717) is 0 Å². The Morgan fingerprint density at radius 3 is 1.67 bits per heavy atom. The third-order valence-corrected chi connectivity index (χ3v) is 1.03. The Balaban J connectivity index is 4.23. The first-order valence-electron chi connectivity index (χ1n) is 2.60. The lowest BCUT2D eigenvalue weighted by atomic mass is 10.1. The summed E-state index contributed by atoms with van der Waals surface area (Å²) in [5, 5.41) is 0. The van der Waals surface area contributed by atoms with Gasteiger partial charge in [-0.25, -0.2) is 0 Å². The SMILES string of the molecule is CC(=O)C(=O)C(C)(C)Cl. The highest BCUT2D eigenvalue weighted by atomic mass is 35.5. The summed E-state index contributed by atoms with van der Waals surface area (Å²) >= 11 is 5.51. The summed E-state index contributed by atoms with van der Waals surface area (Å²) in [7, 11) is 0. The van der Waals surface area contributed by atoms with Crippen LogP contribution in [0.3, 0.4) is 0 Å². The monoisotopic (exact) mass is 148 g/mol. The van der Waals surface area contributed by atoms with Crippen molar-refractivity contribution in [2.75, 3.05) is 0 Å². The van der Waals surface area contributed by atoms with E-state index in [0.717, 1.165) is 0 Å². The summed E-state index contributed by atoms with van der Waals surface area (Å²) in [5.74, 6) is -1.03. The molecule has 0 radical (unpaired) electrons. The van der Waals surface area contributed by atoms with Gasteiger partial charge < -0.3 is 0 Å². The molecule has 0 unspecified atom stereocenters. The Morgan fingerprint density at radius 1 is 1.33 bits per heavy atom. The van der Waals surface area contributed by atoms with Crippen LogP contribution in [-0.2, 0) is 9.59 Å². The lowest BCUT2D eigenvalue weighted by Gasteiger charge is -2.09. The predicted octanol–water partition coefficient (Wildman–Crippen LogP) is 1.16. The number of halogens is 1. The number of carbonyl (C=O) groups is 2. The molecule has 2 nitrogen and oxygen atoms in total. The highest BCUT2D eigenvalue weighted by molar-refractivity contribution is 6.51. The van der Waals surface area contributed by atoms with Gasteiger partial charge in [-0.15, -0.1) is 11.6 Å². The summed E-state index contributed by atoms with van der Waals surface area (Å²) in [6.07, 6.45) is 0. The van der Waals surface area contributed by atoms with Gasteiger partial charge in [-0.05, 0) is 13.8 Å². The maximum absolute atomic E-state index is 10.7. The zero-order valence-electron chi connectivity index (χ0n) is 5.69. The average molecular weight is 149 g/mol. The summed E-state index contributed by atoms with van der Waals surface area (Å²) < 4.78 is 0. The second kappa shape index (κ2) is 2.48. The molecular weight excluding hydrogens is 140 g/mol. The second-order valence-electron chi connectivity index (χ2n) is 2.36. The minimum Gasteiger partial charge on any atom is -0.291 e. The normalized spacial score (nSPS) is 11.1. The molecule has 0 aliphatic carbocycles. The molecule has 0 atom stereocenters. The van der Waals surface area contributed by atoms with Crippen molar-refractivity contribution < 1.29 is 9.59 Å². The van der Waals surface area contributed by atoms with Gasteiger partial charge >= 0.3 is 0 Å². The van der Waals surface area contributed by atoms with Crippen molar-refractivity contribution in [1.29, 1.82) is 0 Å². The smallest absolute Gasteiger partial charge is 0.218 e. The lowest BCUT2D eigenvalue weighted by molar-refractivity contribution is -0.136. The van der Waals surface area contributed by atoms with Crippen molar-refractivity contribution in [3.8, 4) is 0 Å². The summed E-state index contributed by atoms with van der Waals surface area (Å²) in [5.41, 5.74) is 0. The molecule has 0 heterocycles. The summed E-state index contributed by atoms with van der Waals surface area (Å²) in [6, 6.07) is 0.